The van der Waals surface area contributed by atoms with Crippen LogP contribution in [0, 0.1) is 0 Å². The van der Waals surface area contributed by atoms with Gasteiger partial charge in [-0.1, -0.05) is 0 Å². The molecular formula is C6H7NO4. The Morgan fingerprint density at radius 2 is 2.18 bits per heavy atom. The van der Waals surface area contributed by atoms with Crippen molar-refractivity contribution in [1.82, 2.24) is 5.32 Å². The number of nitrogens with one attached hydrogen (secondary N) is 1. The van der Waals surface area contributed by atoms with Crippen LogP contribution in [0.15, 0.2) is 0 Å². The lowest BCUT2D eigenvalue weighted by Gasteiger charge is -2.17. The molecule has 0 aromatic rings. The van der Waals surface area contributed by atoms with Gasteiger partial charge >= 0.3 is 5.97 Å². The maximum atomic E-state index is 10.7. The number of carboxylic acid groups (broad SMARTS) is 1. The van der Waals surface area contributed by atoms with Crippen molar-refractivity contribution in [3.63, 3.8) is 0 Å². The molecule has 0 saturated carbocycles. The number of Topliss-reactive ketones (excluding diaryl/α,β-unsaturated/α-hetero) is 1. The van der Waals surface area contributed by atoms with Crippen LogP contribution in [-0.4, -0.2) is 28.8 Å². The first kappa shape index (κ1) is 7.71. The monoisotopic (exact) mass is 157 g/mol. The van der Waals surface area contributed by atoms with E-state index in [-0.39, 0.29) is 18.6 Å². The Morgan fingerprint density at radius 1 is 1.55 bits per heavy atom. The van der Waals surface area contributed by atoms with Gasteiger partial charge in [0.05, 0.1) is 6.42 Å². The van der Waals surface area contributed by atoms with Crippen LogP contribution in [-0.2, 0) is 14.4 Å². The van der Waals surface area contributed by atoms with Crippen molar-refractivity contribution in [3.05, 3.63) is 0 Å². The van der Waals surface area contributed by atoms with E-state index in [0.29, 0.717) is 0 Å². The van der Waals surface area contributed by atoms with E-state index in [1.54, 1.807) is 0 Å². The van der Waals surface area contributed by atoms with Gasteiger partial charge < -0.3 is 10.4 Å². The smallest absolute Gasteiger partial charge is 0.326 e. The van der Waals surface area contributed by atoms with Crippen molar-refractivity contribution in [1.29, 1.82) is 0 Å². The summed E-state index contributed by atoms with van der Waals surface area (Å²) in [6, 6.07) is -1.02. The second-order valence-electron chi connectivity index (χ2n) is 2.38. The summed E-state index contributed by atoms with van der Waals surface area (Å²) in [5, 5.41) is 10.6. The highest BCUT2D eigenvalue weighted by molar-refractivity contribution is 6.04. The average Bonchev–Trinajstić information content (AvgIpc) is 1.85. The summed E-state index contributed by atoms with van der Waals surface area (Å²) in [6.45, 7) is 0. The third-order valence-corrected chi connectivity index (χ3v) is 1.42. The van der Waals surface area contributed by atoms with Gasteiger partial charge in [-0.3, -0.25) is 9.59 Å². The number of carboxylic acids is 1. The number of aliphatic carboxylic acids is 1. The Labute approximate surface area is 62.4 Å². The molecule has 0 aliphatic carbocycles. The number of hydrogen-bond acceptors (Lipinski definition) is 3. The molecule has 5 nitrogen and oxygen atoms in total. The normalized spacial score (nSPS) is 24.5. The summed E-state index contributed by atoms with van der Waals surface area (Å²) in [6.07, 6.45) is -0.287. The molecule has 1 saturated heterocycles. The summed E-state index contributed by atoms with van der Waals surface area (Å²) in [7, 11) is 0. The first-order valence-electron chi connectivity index (χ1n) is 3.13. The molecule has 1 unspecified atom stereocenters. The number of carbonyl (C=O) groups is 3. The summed E-state index contributed by atoms with van der Waals surface area (Å²) in [5.74, 6) is -1.98. The Hall–Kier alpha value is -1.39. The van der Waals surface area contributed by atoms with Gasteiger partial charge in [0, 0.05) is 6.42 Å². The highest BCUT2D eigenvalue weighted by Crippen LogP contribution is 2.03. The molecular weight excluding hydrogens is 150 g/mol. The molecule has 1 amide bonds. The molecule has 5 heteroatoms. The van der Waals surface area contributed by atoms with Gasteiger partial charge in [0.1, 0.15) is 11.8 Å². The second kappa shape index (κ2) is 2.69. The Morgan fingerprint density at radius 3 is 2.64 bits per heavy atom. The van der Waals surface area contributed by atoms with E-state index in [9.17, 15) is 14.4 Å². The lowest BCUT2D eigenvalue weighted by molar-refractivity contribution is -0.146. The van der Waals surface area contributed by atoms with E-state index in [1.165, 1.54) is 0 Å². The molecule has 1 aliphatic rings. The predicted molar refractivity (Wildman–Crippen MR) is 33.8 cm³/mol. The molecule has 1 atom stereocenters. The van der Waals surface area contributed by atoms with E-state index in [4.69, 9.17) is 5.11 Å². The molecule has 1 rings (SSSR count). The highest BCUT2D eigenvalue weighted by atomic mass is 16.4. The van der Waals surface area contributed by atoms with E-state index in [1.807, 2.05) is 0 Å². The van der Waals surface area contributed by atoms with Gasteiger partial charge in [-0.2, -0.15) is 0 Å². The van der Waals surface area contributed by atoms with Crippen molar-refractivity contribution in [2.24, 2.45) is 0 Å². The van der Waals surface area contributed by atoms with Crippen LogP contribution in [0.3, 0.4) is 0 Å². The largest absolute Gasteiger partial charge is 0.480 e. The van der Waals surface area contributed by atoms with Crippen molar-refractivity contribution >= 4 is 17.7 Å². The van der Waals surface area contributed by atoms with Gasteiger partial charge in [-0.05, 0) is 0 Å². The van der Waals surface area contributed by atoms with Crippen molar-refractivity contribution < 1.29 is 19.5 Å². The fourth-order valence-corrected chi connectivity index (χ4v) is 0.924. The molecule has 11 heavy (non-hydrogen) atoms. The van der Waals surface area contributed by atoms with Crippen molar-refractivity contribution in [2.75, 3.05) is 0 Å². The molecule has 0 spiro atoms. The molecule has 60 valence electrons. The minimum absolute atomic E-state index is 0.0962. The molecule has 1 aliphatic heterocycles. The quantitative estimate of drug-likeness (QED) is 0.474. The van der Waals surface area contributed by atoms with Crippen LogP contribution in [0.5, 0.6) is 0 Å². The number of carbonyl (C=O) groups excluding carboxylic acids is 2. The fraction of sp³-hybridized carbons (Fsp3) is 0.500. The van der Waals surface area contributed by atoms with Gasteiger partial charge in [-0.25, -0.2) is 4.79 Å². The Kier molecular flexibility index (Phi) is 1.89. The summed E-state index contributed by atoms with van der Waals surface area (Å²) in [5.41, 5.74) is 0. The minimum atomic E-state index is -1.16. The second-order valence-corrected chi connectivity index (χ2v) is 2.38. The zero-order chi connectivity index (χ0) is 8.43. The molecule has 2 N–H and O–H groups in total. The zero-order valence-electron chi connectivity index (χ0n) is 5.66. The maximum absolute atomic E-state index is 10.7. The molecule has 0 aromatic carbocycles. The topological polar surface area (TPSA) is 83.5 Å². The number of amides is 1. The number of rotatable bonds is 1. The molecule has 1 fully saturated rings. The third-order valence-electron chi connectivity index (χ3n) is 1.42. The lowest BCUT2D eigenvalue weighted by atomic mass is 10.0. The minimum Gasteiger partial charge on any atom is -0.480 e. The van der Waals surface area contributed by atoms with Crippen LogP contribution < -0.4 is 5.32 Å². The summed E-state index contributed by atoms with van der Waals surface area (Å²) < 4.78 is 0. The molecule has 0 aromatic heterocycles. The van der Waals surface area contributed by atoms with Crippen molar-refractivity contribution in [3.8, 4) is 0 Å². The van der Waals surface area contributed by atoms with Crippen LogP contribution in [0.1, 0.15) is 12.8 Å². The number of hydrogen-bond donors (Lipinski definition) is 2. The van der Waals surface area contributed by atoms with Gasteiger partial charge in [0.15, 0.2) is 0 Å². The average molecular weight is 157 g/mol. The van der Waals surface area contributed by atoms with Gasteiger partial charge in [-0.15, -0.1) is 0 Å². The molecule has 1 heterocycles. The highest BCUT2D eigenvalue weighted by Gasteiger charge is 2.28. The number of ketones is 1. The summed E-state index contributed by atoms with van der Waals surface area (Å²) in [4.78, 5) is 31.5. The van der Waals surface area contributed by atoms with Gasteiger partial charge in [0.25, 0.3) is 0 Å². The van der Waals surface area contributed by atoms with Crippen LogP contribution in [0.4, 0.5) is 0 Å². The third kappa shape index (κ3) is 1.76. The SMILES string of the molecule is O=C1CC(=O)NC(C(=O)O)C1. The van der Waals surface area contributed by atoms with E-state index >= 15 is 0 Å². The first-order valence-corrected chi connectivity index (χ1v) is 3.13. The molecule has 0 bridgehead atoms. The predicted octanol–water partition coefficient (Wildman–Crippen LogP) is -1.08. The van der Waals surface area contributed by atoms with E-state index < -0.39 is 17.9 Å². The van der Waals surface area contributed by atoms with Crippen molar-refractivity contribution in [2.45, 2.75) is 18.9 Å². The fourth-order valence-electron chi connectivity index (χ4n) is 0.924. The maximum Gasteiger partial charge on any atom is 0.326 e. The zero-order valence-corrected chi connectivity index (χ0v) is 5.66. The summed E-state index contributed by atoms with van der Waals surface area (Å²) >= 11 is 0. The van der Waals surface area contributed by atoms with E-state index in [2.05, 4.69) is 5.32 Å². The van der Waals surface area contributed by atoms with Crippen LogP contribution in [0.25, 0.3) is 0 Å². The Balaban J connectivity index is 2.63. The first-order chi connectivity index (χ1) is 5.09. The number of piperidine rings is 1. The van der Waals surface area contributed by atoms with Crippen LogP contribution in [0.2, 0.25) is 0 Å². The van der Waals surface area contributed by atoms with Crippen LogP contribution >= 0.6 is 0 Å². The lowest BCUT2D eigenvalue weighted by Crippen LogP contribution is -2.47. The standard InChI is InChI=1S/C6H7NO4/c8-3-1-4(6(10)11)7-5(9)2-3/h4H,1-2H2,(H,7,9)(H,10,11). The van der Waals surface area contributed by atoms with Gasteiger partial charge in [0.2, 0.25) is 5.91 Å². The molecule has 0 radical (unpaired) electrons. The Bertz CT molecular complexity index is 207. The van der Waals surface area contributed by atoms with E-state index in [0.717, 1.165) is 0 Å².